The molecular weight excluding hydrogens is 372 g/mol. The number of hydrogen-bond acceptors (Lipinski definition) is 3. The number of halogens is 1. The van der Waals surface area contributed by atoms with Crippen LogP contribution in [-0.2, 0) is 5.41 Å². The molecule has 2 aromatic heterocycles. The summed E-state index contributed by atoms with van der Waals surface area (Å²) in [6.45, 7) is 2.34. The van der Waals surface area contributed by atoms with E-state index in [4.69, 9.17) is 11.6 Å². The Morgan fingerprint density at radius 1 is 1.07 bits per heavy atom. The Labute approximate surface area is 167 Å². The first-order chi connectivity index (χ1) is 13.1. The molecule has 0 N–H and O–H groups in total. The zero-order valence-corrected chi connectivity index (χ0v) is 16.4. The van der Waals surface area contributed by atoms with Gasteiger partial charge in [-0.3, -0.25) is 0 Å². The summed E-state index contributed by atoms with van der Waals surface area (Å²) in [6.07, 6.45) is 7.27. The zero-order chi connectivity index (χ0) is 18.4. The molecule has 1 aliphatic carbocycles. The first kappa shape index (κ1) is 16.7. The topological polar surface area (TPSA) is 25.8 Å². The van der Waals surface area contributed by atoms with Crippen molar-refractivity contribution in [1.82, 2.24) is 9.97 Å². The van der Waals surface area contributed by atoms with Crippen molar-refractivity contribution in [3.63, 3.8) is 0 Å². The van der Waals surface area contributed by atoms with Gasteiger partial charge in [-0.2, -0.15) is 0 Å². The van der Waals surface area contributed by atoms with Crippen molar-refractivity contribution in [2.75, 3.05) is 0 Å². The zero-order valence-electron chi connectivity index (χ0n) is 14.8. The van der Waals surface area contributed by atoms with Crippen molar-refractivity contribution in [2.24, 2.45) is 0 Å². The average molecular weight is 389 g/mol. The van der Waals surface area contributed by atoms with E-state index in [0.717, 1.165) is 17.7 Å². The van der Waals surface area contributed by atoms with Gasteiger partial charge in [0.2, 0.25) is 5.28 Å². The fourth-order valence-corrected chi connectivity index (χ4v) is 5.43. The first-order valence-corrected chi connectivity index (χ1v) is 10.1. The van der Waals surface area contributed by atoms with Gasteiger partial charge in [-0.05, 0) is 52.7 Å². The molecular formula is C23H17ClN2S. The van der Waals surface area contributed by atoms with Crippen LogP contribution in [-0.4, -0.2) is 9.97 Å². The Balaban J connectivity index is 1.67. The summed E-state index contributed by atoms with van der Waals surface area (Å²) < 4.78 is 1.35. The Bertz CT molecular complexity index is 1190. The molecule has 4 heteroatoms. The predicted molar refractivity (Wildman–Crippen MR) is 114 cm³/mol. The number of thiophene rings is 1. The molecule has 2 heterocycles. The smallest absolute Gasteiger partial charge is 0.222 e. The number of nitrogens with zero attached hydrogens (tertiary/aromatic N) is 2. The maximum Gasteiger partial charge on any atom is 0.222 e. The highest BCUT2D eigenvalue weighted by molar-refractivity contribution is 7.19. The van der Waals surface area contributed by atoms with Crippen molar-refractivity contribution < 1.29 is 0 Å². The third kappa shape index (κ3) is 2.70. The first-order valence-electron chi connectivity index (χ1n) is 8.93. The summed E-state index contributed by atoms with van der Waals surface area (Å²) in [5.74, 6) is 0. The highest BCUT2D eigenvalue weighted by Crippen LogP contribution is 2.48. The number of benzene rings is 2. The highest BCUT2D eigenvalue weighted by atomic mass is 35.5. The van der Waals surface area contributed by atoms with E-state index in [2.05, 4.69) is 77.6 Å². The molecule has 0 radical (unpaired) electrons. The second-order valence-corrected chi connectivity index (χ2v) is 8.46. The number of allylic oxidation sites excluding steroid dienone is 1. The minimum Gasteiger partial charge on any atom is -0.226 e. The average Bonchev–Trinajstić information content (AvgIpc) is 3.09. The molecule has 1 aliphatic rings. The largest absolute Gasteiger partial charge is 0.226 e. The molecule has 0 saturated carbocycles. The Hall–Kier alpha value is -2.49. The van der Waals surface area contributed by atoms with Crippen molar-refractivity contribution >= 4 is 39.1 Å². The quantitative estimate of drug-likeness (QED) is 0.355. The molecule has 5 rings (SSSR count). The van der Waals surface area contributed by atoms with Gasteiger partial charge in [-0.15, -0.1) is 11.3 Å². The lowest BCUT2D eigenvalue weighted by atomic mass is 9.73. The van der Waals surface area contributed by atoms with Gasteiger partial charge in [0.25, 0.3) is 0 Å². The van der Waals surface area contributed by atoms with E-state index in [1.54, 1.807) is 6.20 Å². The molecule has 132 valence electrons. The lowest BCUT2D eigenvalue weighted by Crippen LogP contribution is -2.24. The molecule has 0 aliphatic heterocycles. The summed E-state index contributed by atoms with van der Waals surface area (Å²) in [5.41, 5.74) is 4.52. The van der Waals surface area contributed by atoms with Crippen LogP contribution in [0.1, 0.15) is 29.3 Å². The monoisotopic (exact) mass is 388 g/mol. The van der Waals surface area contributed by atoms with Crippen LogP contribution < -0.4 is 0 Å². The molecule has 0 fully saturated rings. The summed E-state index contributed by atoms with van der Waals surface area (Å²) >= 11 is 7.90. The van der Waals surface area contributed by atoms with E-state index in [1.165, 1.54) is 26.1 Å². The maximum atomic E-state index is 5.99. The van der Waals surface area contributed by atoms with E-state index in [0.29, 0.717) is 0 Å². The second-order valence-electron chi connectivity index (χ2n) is 7.07. The summed E-state index contributed by atoms with van der Waals surface area (Å²) in [7, 11) is 0. The third-order valence-electron chi connectivity index (χ3n) is 5.37. The molecule has 0 bridgehead atoms. The fraction of sp³-hybridized carbons (Fsp3) is 0.130. The van der Waals surface area contributed by atoms with Gasteiger partial charge < -0.3 is 0 Å². The SMILES string of the molecule is CC1(c2cccc(-c3ccnc(Cl)n3)c2)CC=Cc2c1sc1ccccc21. The molecule has 2 nitrogen and oxygen atoms in total. The Morgan fingerprint density at radius 3 is 2.85 bits per heavy atom. The van der Waals surface area contributed by atoms with Crippen LogP contribution in [0.5, 0.6) is 0 Å². The van der Waals surface area contributed by atoms with E-state index in [9.17, 15) is 0 Å². The Kier molecular flexibility index (Phi) is 3.88. The standard InChI is InChI=1S/C23H17ClN2S/c1-23(12-5-9-18-17-8-2-3-10-20(17)27-21(18)23)16-7-4-6-15(14-16)19-11-13-25-22(24)26-19/h2-11,13-14H,12H2,1H3. The highest BCUT2D eigenvalue weighted by Gasteiger charge is 2.34. The minimum atomic E-state index is -0.0550. The molecule has 27 heavy (non-hydrogen) atoms. The van der Waals surface area contributed by atoms with Crippen LogP contribution in [0.2, 0.25) is 5.28 Å². The molecule has 0 saturated heterocycles. The lowest BCUT2D eigenvalue weighted by Gasteiger charge is -2.32. The van der Waals surface area contributed by atoms with Gasteiger partial charge in [0.1, 0.15) is 0 Å². The molecule has 1 unspecified atom stereocenters. The van der Waals surface area contributed by atoms with Crippen molar-refractivity contribution in [2.45, 2.75) is 18.8 Å². The van der Waals surface area contributed by atoms with Crippen LogP contribution in [0.25, 0.3) is 27.4 Å². The molecule has 0 spiro atoms. The van der Waals surface area contributed by atoms with Gasteiger partial charge in [0.15, 0.2) is 0 Å². The van der Waals surface area contributed by atoms with Crippen molar-refractivity contribution in [1.29, 1.82) is 0 Å². The summed E-state index contributed by atoms with van der Waals surface area (Å²) in [6, 6.07) is 19.2. The van der Waals surface area contributed by atoms with E-state index >= 15 is 0 Å². The van der Waals surface area contributed by atoms with Crippen LogP contribution in [0.4, 0.5) is 0 Å². The van der Waals surface area contributed by atoms with Crippen molar-refractivity contribution in [3.05, 3.63) is 88.2 Å². The van der Waals surface area contributed by atoms with Gasteiger partial charge in [-0.25, -0.2) is 9.97 Å². The van der Waals surface area contributed by atoms with E-state index in [-0.39, 0.29) is 10.7 Å². The predicted octanol–water partition coefficient (Wildman–Crippen LogP) is 6.73. The molecule has 4 aromatic rings. The maximum absolute atomic E-state index is 5.99. The number of rotatable bonds is 2. The van der Waals surface area contributed by atoms with E-state index in [1.807, 2.05) is 17.4 Å². The van der Waals surface area contributed by atoms with Crippen LogP contribution >= 0.6 is 22.9 Å². The van der Waals surface area contributed by atoms with Gasteiger partial charge >= 0.3 is 0 Å². The fourth-order valence-electron chi connectivity index (χ4n) is 3.91. The van der Waals surface area contributed by atoms with Gasteiger partial charge in [0.05, 0.1) is 5.69 Å². The lowest BCUT2D eigenvalue weighted by molar-refractivity contribution is 0.588. The van der Waals surface area contributed by atoms with E-state index < -0.39 is 0 Å². The van der Waals surface area contributed by atoms with Gasteiger partial charge in [-0.1, -0.05) is 55.5 Å². The summed E-state index contributed by atoms with van der Waals surface area (Å²) in [4.78, 5) is 9.80. The van der Waals surface area contributed by atoms with Crippen LogP contribution in [0, 0.1) is 0 Å². The molecule has 2 aromatic carbocycles. The normalized spacial score (nSPS) is 18.6. The van der Waals surface area contributed by atoms with Gasteiger partial charge in [0, 0.05) is 26.8 Å². The third-order valence-corrected chi connectivity index (χ3v) is 7.00. The number of aromatic nitrogens is 2. The van der Waals surface area contributed by atoms with Crippen LogP contribution in [0.15, 0.2) is 66.9 Å². The molecule has 1 atom stereocenters. The number of fused-ring (bicyclic) bond motifs is 3. The number of hydrogen-bond donors (Lipinski definition) is 0. The van der Waals surface area contributed by atoms with Crippen molar-refractivity contribution in [3.8, 4) is 11.3 Å². The summed E-state index contributed by atoms with van der Waals surface area (Å²) in [5, 5.41) is 1.62. The Morgan fingerprint density at radius 2 is 1.96 bits per heavy atom. The molecule has 0 amide bonds. The van der Waals surface area contributed by atoms with Crippen LogP contribution in [0.3, 0.4) is 0 Å². The minimum absolute atomic E-state index is 0.0550. The second kappa shape index (κ2) is 6.29.